The molecule has 24 heavy (non-hydrogen) atoms. The van der Waals surface area contributed by atoms with E-state index >= 15 is 0 Å². The maximum absolute atomic E-state index is 13.3. The lowest BCUT2D eigenvalue weighted by atomic mass is 9.88. The molecule has 0 aromatic heterocycles. The molecule has 0 saturated carbocycles. The Morgan fingerprint density at radius 3 is 1.92 bits per heavy atom. The Hall–Kier alpha value is -1.78. The van der Waals surface area contributed by atoms with Gasteiger partial charge in [-0.05, 0) is 54.2 Å². The summed E-state index contributed by atoms with van der Waals surface area (Å²) in [5.74, 6) is -0.0270. The van der Waals surface area contributed by atoms with E-state index in [1.807, 2.05) is 0 Å². The molecule has 1 heterocycles. The van der Waals surface area contributed by atoms with Crippen LogP contribution < -0.4 is 0 Å². The molecule has 0 radical (unpaired) electrons. The number of likely N-dealkylation sites (tertiary alicyclic amines) is 1. The van der Waals surface area contributed by atoms with E-state index in [1.165, 1.54) is 24.3 Å². The van der Waals surface area contributed by atoms with Crippen LogP contribution in [0.4, 0.5) is 8.78 Å². The summed E-state index contributed by atoms with van der Waals surface area (Å²) in [5, 5.41) is 9.82. The molecule has 1 N–H and O–H groups in total. The third kappa shape index (κ3) is 3.65. The second kappa shape index (κ2) is 7.41. The van der Waals surface area contributed by atoms with Crippen molar-refractivity contribution in [3.8, 4) is 0 Å². The Balaban J connectivity index is 2.03. The van der Waals surface area contributed by atoms with Crippen molar-refractivity contribution < 1.29 is 13.9 Å². The third-order valence-corrected chi connectivity index (χ3v) is 4.90. The van der Waals surface area contributed by atoms with E-state index in [0.717, 1.165) is 30.5 Å². The fourth-order valence-electron chi connectivity index (χ4n) is 3.62. The molecule has 3 rings (SSSR count). The van der Waals surface area contributed by atoms with Crippen LogP contribution in [0, 0.1) is 17.6 Å². The van der Waals surface area contributed by atoms with E-state index in [-0.39, 0.29) is 30.3 Å². The number of hydrogen-bond donors (Lipinski definition) is 1. The zero-order valence-corrected chi connectivity index (χ0v) is 13.8. The Morgan fingerprint density at radius 1 is 0.958 bits per heavy atom. The highest BCUT2D eigenvalue weighted by atomic mass is 19.1. The van der Waals surface area contributed by atoms with Gasteiger partial charge in [-0.25, -0.2) is 8.78 Å². The molecule has 1 fully saturated rings. The summed E-state index contributed by atoms with van der Waals surface area (Å²) < 4.78 is 26.7. The maximum Gasteiger partial charge on any atom is 0.123 e. The molecular weight excluding hydrogens is 308 g/mol. The normalized spacial score (nSPS) is 22.0. The van der Waals surface area contributed by atoms with Gasteiger partial charge in [0.05, 0.1) is 12.6 Å². The van der Waals surface area contributed by atoms with E-state index in [2.05, 4.69) is 11.8 Å². The molecule has 0 spiro atoms. The molecule has 0 aliphatic carbocycles. The molecule has 2 aromatic rings. The first-order valence-electron chi connectivity index (χ1n) is 8.46. The Kier molecular flexibility index (Phi) is 5.27. The van der Waals surface area contributed by atoms with Crippen LogP contribution in [0.1, 0.15) is 36.9 Å². The summed E-state index contributed by atoms with van der Waals surface area (Å²) in [6, 6.07) is 12.8. The Bertz CT molecular complexity index is 611. The van der Waals surface area contributed by atoms with E-state index in [4.69, 9.17) is 0 Å². The number of halogens is 2. The topological polar surface area (TPSA) is 23.5 Å². The first-order chi connectivity index (χ1) is 11.6. The zero-order valence-electron chi connectivity index (χ0n) is 13.8. The van der Waals surface area contributed by atoms with Crippen molar-refractivity contribution in [1.82, 2.24) is 4.90 Å². The van der Waals surface area contributed by atoms with Gasteiger partial charge < -0.3 is 5.11 Å². The molecule has 128 valence electrons. The highest BCUT2D eigenvalue weighted by molar-refractivity contribution is 5.32. The fraction of sp³-hybridized carbons (Fsp3) is 0.400. The quantitative estimate of drug-likeness (QED) is 0.910. The van der Waals surface area contributed by atoms with Crippen LogP contribution in [0.25, 0.3) is 0 Å². The van der Waals surface area contributed by atoms with E-state index < -0.39 is 0 Å². The smallest absolute Gasteiger partial charge is 0.123 e. The third-order valence-electron chi connectivity index (χ3n) is 4.90. The Morgan fingerprint density at radius 2 is 1.46 bits per heavy atom. The van der Waals surface area contributed by atoms with E-state index in [0.29, 0.717) is 5.92 Å². The minimum atomic E-state index is -0.276. The number of benzene rings is 2. The molecule has 1 aliphatic heterocycles. The van der Waals surface area contributed by atoms with E-state index in [1.54, 1.807) is 24.3 Å². The van der Waals surface area contributed by atoms with Gasteiger partial charge in [0.2, 0.25) is 0 Å². The Labute approximate surface area is 141 Å². The predicted octanol–water partition coefficient (Wildman–Crippen LogP) is 4.15. The molecule has 0 amide bonds. The standard InChI is InChI=1S/C20H23F2NO/c1-14-2-11-19(13-24)23(12-14)20(15-3-7-17(21)8-4-15)16-5-9-18(22)10-6-16/h3-10,14,19-20,24H,2,11-13H2,1H3/t14-,19+/m1/s1. The minimum Gasteiger partial charge on any atom is -0.395 e. The van der Waals surface area contributed by atoms with Crippen molar-refractivity contribution in [3.63, 3.8) is 0 Å². The maximum atomic E-state index is 13.3. The number of nitrogens with zero attached hydrogens (tertiary/aromatic N) is 1. The lowest BCUT2D eigenvalue weighted by molar-refractivity contribution is 0.0445. The van der Waals surface area contributed by atoms with Gasteiger partial charge >= 0.3 is 0 Å². The van der Waals surface area contributed by atoms with Crippen molar-refractivity contribution in [2.75, 3.05) is 13.2 Å². The number of rotatable bonds is 4. The second-order valence-electron chi connectivity index (χ2n) is 6.72. The average molecular weight is 331 g/mol. The number of hydrogen-bond acceptors (Lipinski definition) is 2. The summed E-state index contributed by atoms with van der Waals surface area (Å²) in [7, 11) is 0. The molecule has 2 nitrogen and oxygen atoms in total. The van der Waals surface area contributed by atoms with Crippen LogP contribution in [0.15, 0.2) is 48.5 Å². The van der Waals surface area contributed by atoms with Crippen molar-refractivity contribution in [3.05, 3.63) is 71.3 Å². The van der Waals surface area contributed by atoms with Gasteiger partial charge in [0.1, 0.15) is 11.6 Å². The van der Waals surface area contributed by atoms with Crippen LogP contribution in [-0.4, -0.2) is 29.2 Å². The summed E-state index contributed by atoms with van der Waals surface area (Å²) >= 11 is 0. The van der Waals surface area contributed by atoms with Crippen LogP contribution in [0.2, 0.25) is 0 Å². The predicted molar refractivity (Wildman–Crippen MR) is 90.6 cm³/mol. The number of piperidine rings is 1. The summed E-state index contributed by atoms with van der Waals surface area (Å²) in [4.78, 5) is 2.27. The van der Waals surface area contributed by atoms with Gasteiger partial charge in [0.25, 0.3) is 0 Å². The zero-order chi connectivity index (χ0) is 17.1. The largest absolute Gasteiger partial charge is 0.395 e. The lowest BCUT2D eigenvalue weighted by Gasteiger charge is -2.43. The van der Waals surface area contributed by atoms with Crippen molar-refractivity contribution in [2.45, 2.75) is 31.8 Å². The van der Waals surface area contributed by atoms with Gasteiger partial charge in [-0.1, -0.05) is 31.2 Å². The van der Waals surface area contributed by atoms with Crippen LogP contribution in [0.3, 0.4) is 0 Å². The highest BCUT2D eigenvalue weighted by Gasteiger charge is 2.33. The van der Waals surface area contributed by atoms with E-state index in [9.17, 15) is 13.9 Å². The molecule has 1 saturated heterocycles. The monoisotopic (exact) mass is 331 g/mol. The molecular formula is C20H23F2NO. The second-order valence-corrected chi connectivity index (χ2v) is 6.72. The van der Waals surface area contributed by atoms with Gasteiger partial charge in [-0.15, -0.1) is 0 Å². The first kappa shape index (κ1) is 17.1. The van der Waals surface area contributed by atoms with Gasteiger partial charge in [-0.2, -0.15) is 0 Å². The lowest BCUT2D eigenvalue weighted by Crippen LogP contribution is -2.47. The molecule has 1 aliphatic rings. The summed E-state index contributed by atoms with van der Waals surface area (Å²) in [6.45, 7) is 3.14. The highest BCUT2D eigenvalue weighted by Crippen LogP contribution is 2.35. The van der Waals surface area contributed by atoms with Gasteiger partial charge in [0.15, 0.2) is 0 Å². The summed E-state index contributed by atoms with van der Waals surface area (Å²) in [5.41, 5.74) is 1.91. The number of aliphatic hydroxyl groups excluding tert-OH is 1. The van der Waals surface area contributed by atoms with Crippen LogP contribution in [-0.2, 0) is 0 Å². The average Bonchev–Trinajstić information content (AvgIpc) is 2.59. The first-order valence-corrected chi connectivity index (χ1v) is 8.46. The van der Waals surface area contributed by atoms with Crippen molar-refractivity contribution in [2.24, 2.45) is 5.92 Å². The van der Waals surface area contributed by atoms with Crippen molar-refractivity contribution >= 4 is 0 Å². The molecule has 0 bridgehead atoms. The van der Waals surface area contributed by atoms with Gasteiger partial charge in [0, 0.05) is 12.6 Å². The number of aliphatic hydroxyl groups is 1. The molecule has 2 atom stereocenters. The minimum absolute atomic E-state index is 0.0568. The SMILES string of the molecule is C[C@@H]1CC[C@@H](CO)N(C(c2ccc(F)cc2)c2ccc(F)cc2)C1. The van der Waals surface area contributed by atoms with Gasteiger partial charge in [-0.3, -0.25) is 4.90 Å². The molecule has 4 heteroatoms. The molecule has 0 unspecified atom stereocenters. The van der Waals surface area contributed by atoms with Crippen LogP contribution in [0.5, 0.6) is 0 Å². The summed E-state index contributed by atoms with van der Waals surface area (Å²) in [6.07, 6.45) is 2.01. The molecule has 2 aromatic carbocycles. The fourth-order valence-corrected chi connectivity index (χ4v) is 3.62. The van der Waals surface area contributed by atoms with Crippen LogP contribution >= 0.6 is 0 Å². The van der Waals surface area contributed by atoms with Crippen molar-refractivity contribution in [1.29, 1.82) is 0 Å².